The number of likely N-dealkylation sites (tertiary alicyclic amines) is 1. The Morgan fingerprint density at radius 2 is 2.00 bits per heavy atom. The molecule has 0 atom stereocenters. The summed E-state index contributed by atoms with van der Waals surface area (Å²) in [6.45, 7) is 5.16. The number of hydrogen-bond acceptors (Lipinski definition) is 6. The third-order valence-corrected chi connectivity index (χ3v) is 6.58. The molecule has 2 amide bonds. The summed E-state index contributed by atoms with van der Waals surface area (Å²) < 4.78 is 9.03. The third kappa shape index (κ3) is 3.91. The Balaban J connectivity index is 1.40. The molecule has 1 aliphatic heterocycles. The predicted octanol–water partition coefficient (Wildman–Crippen LogP) is 2.01. The molecule has 0 radical (unpaired) electrons. The lowest BCUT2D eigenvalue weighted by Gasteiger charge is -2.31. The van der Waals surface area contributed by atoms with Gasteiger partial charge >= 0.3 is 6.09 Å². The Kier molecular flexibility index (Phi) is 5.76. The Labute approximate surface area is 177 Å². The summed E-state index contributed by atoms with van der Waals surface area (Å²) >= 11 is 1.67. The summed E-state index contributed by atoms with van der Waals surface area (Å²) in [5.74, 6) is -0.259. The molecule has 4 rings (SSSR count). The Hall–Kier alpha value is -2.88. The summed E-state index contributed by atoms with van der Waals surface area (Å²) in [6.07, 6.45) is 3.53. The van der Waals surface area contributed by atoms with Crippen LogP contribution in [0, 0.1) is 0 Å². The first kappa shape index (κ1) is 20.4. The van der Waals surface area contributed by atoms with Crippen molar-refractivity contribution in [3.05, 3.63) is 33.7 Å². The SMILES string of the molecule is CCOC(=O)N1CCC(NC(=O)Cn2ncn3c(cc4sc(CC)cc43)c2=O)CC1. The standard InChI is InChI=1S/C20H25N5O4S/c1-3-14-9-15-17(30-14)10-16-19(27)25(21-12-24(15)16)11-18(26)22-13-5-7-23(8-6-13)20(28)29-4-2/h9-10,12-13H,3-8,11H2,1-2H3,(H,22,26). The number of ether oxygens (including phenoxy) is 1. The molecule has 30 heavy (non-hydrogen) atoms. The lowest BCUT2D eigenvalue weighted by molar-refractivity contribution is -0.122. The average molecular weight is 432 g/mol. The quantitative estimate of drug-likeness (QED) is 0.666. The van der Waals surface area contributed by atoms with Crippen molar-refractivity contribution in [3.63, 3.8) is 0 Å². The largest absolute Gasteiger partial charge is 0.450 e. The maximum atomic E-state index is 12.8. The van der Waals surface area contributed by atoms with Crippen LogP contribution in [0.5, 0.6) is 0 Å². The van der Waals surface area contributed by atoms with Gasteiger partial charge in [-0.05, 0) is 38.3 Å². The monoisotopic (exact) mass is 431 g/mol. The van der Waals surface area contributed by atoms with E-state index in [-0.39, 0.29) is 30.1 Å². The van der Waals surface area contributed by atoms with E-state index in [4.69, 9.17) is 4.74 Å². The number of thiophene rings is 1. The van der Waals surface area contributed by atoms with E-state index in [1.54, 1.807) is 33.9 Å². The zero-order valence-electron chi connectivity index (χ0n) is 17.1. The molecule has 1 fully saturated rings. The Morgan fingerprint density at radius 3 is 2.70 bits per heavy atom. The van der Waals surface area contributed by atoms with Crippen molar-refractivity contribution in [3.8, 4) is 0 Å². The fraction of sp³-hybridized carbons (Fsp3) is 0.500. The Morgan fingerprint density at radius 1 is 1.23 bits per heavy atom. The minimum atomic E-state index is -0.315. The summed E-state index contributed by atoms with van der Waals surface area (Å²) in [5.41, 5.74) is 1.21. The van der Waals surface area contributed by atoms with E-state index in [1.165, 1.54) is 9.56 Å². The van der Waals surface area contributed by atoms with Crippen molar-refractivity contribution in [1.82, 2.24) is 24.4 Å². The van der Waals surface area contributed by atoms with Crippen LogP contribution < -0.4 is 10.9 Å². The van der Waals surface area contributed by atoms with Crippen molar-refractivity contribution in [2.24, 2.45) is 0 Å². The summed E-state index contributed by atoms with van der Waals surface area (Å²) in [4.78, 5) is 39.9. The average Bonchev–Trinajstić information content (AvgIpc) is 3.29. The molecule has 1 N–H and O–H groups in total. The molecule has 1 saturated heterocycles. The molecular weight excluding hydrogens is 406 g/mol. The fourth-order valence-electron chi connectivity index (χ4n) is 3.77. The van der Waals surface area contributed by atoms with Gasteiger partial charge < -0.3 is 15.0 Å². The first-order valence-electron chi connectivity index (χ1n) is 10.2. The van der Waals surface area contributed by atoms with Crippen LogP contribution >= 0.6 is 11.3 Å². The van der Waals surface area contributed by atoms with Crippen molar-refractivity contribution < 1.29 is 14.3 Å². The number of amides is 2. The third-order valence-electron chi connectivity index (χ3n) is 5.37. The second-order valence-electron chi connectivity index (χ2n) is 7.34. The molecule has 10 heteroatoms. The molecule has 3 aromatic rings. The highest BCUT2D eigenvalue weighted by atomic mass is 32.1. The minimum absolute atomic E-state index is 0.0336. The molecule has 0 aliphatic carbocycles. The zero-order chi connectivity index (χ0) is 21.3. The van der Waals surface area contributed by atoms with E-state index >= 15 is 0 Å². The number of aryl methyl sites for hydroxylation is 1. The second-order valence-corrected chi connectivity index (χ2v) is 8.51. The molecule has 9 nitrogen and oxygen atoms in total. The Bertz CT molecular complexity index is 1140. The van der Waals surface area contributed by atoms with Crippen molar-refractivity contribution in [2.45, 2.75) is 45.7 Å². The number of nitrogens with zero attached hydrogens (tertiary/aromatic N) is 4. The van der Waals surface area contributed by atoms with Gasteiger partial charge in [0.1, 0.15) is 18.4 Å². The van der Waals surface area contributed by atoms with Crippen molar-refractivity contribution in [1.29, 1.82) is 0 Å². The zero-order valence-corrected chi connectivity index (χ0v) is 17.9. The van der Waals surface area contributed by atoms with Gasteiger partial charge in [0.05, 0.1) is 16.8 Å². The minimum Gasteiger partial charge on any atom is -0.450 e. The van der Waals surface area contributed by atoms with E-state index in [2.05, 4.69) is 23.4 Å². The number of carbonyl (C=O) groups is 2. The van der Waals surface area contributed by atoms with E-state index in [1.807, 2.05) is 6.07 Å². The van der Waals surface area contributed by atoms with Crippen LogP contribution in [0.25, 0.3) is 15.7 Å². The van der Waals surface area contributed by atoms with Gasteiger partial charge in [0.25, 0.3) is 5.56 Å². The predicted molar refractivity (Wildman–Crippen MR) is 114 cm³/mol. The molecule has 160 valence electrons. The van der Waals surface area contributed by atoms with Gasteiger partial charge in [-0.1, -0.05) is 6.92 Å². The molecule has 0 saturated carbocycles. The number of nitrogens with one attached hydrogen (secondary N) is 1. The molecule has 0 aromatic carbocycles. The number of aromatic nitrogens is 3. The van der Waals surface area contributed by atoms with Crippen LogP contribution in [-0.4, -0.2) is 56.8 Å². The lowest BCUT2D eigenvalue weighted by atomic mass is 10.1. The van der Waals surface area contributed by atoms with E-state index in [0.29, 0.717) is 38.1 Å². The highest BCUT2D eigenvalue weighted by molar-refractivity contribution is 7.19. The van der Waals surface area contributed by atoms with Crippen LogP contribution in [0.15, 0.2) is 23.3 Å². The number of rotatable bonds is 5. The van der Waals surface area contributed by atoms with Crippen LogP contribution in [0.2, 0.25) is 0 Å². The summed E-state index contributed by atoms with van der Waals surface area (Å²) in [5, 5.41) is 7.14. The molecule has 4 heterocycles. The molecule has 0 bridgehead atoms. The number of carbonyl (C=O) groups excluding carboxylic acids is 2. The van der Waals surface area contributed by atoms with E-state index < -0.39 is 0 Å². The van der Waals surface area contributed by atoms with E-state index in [0.717, 1.165) is 16.6 Å². The van der Waals surface area contributed by atoms with Gasteiger partial charge in [0.15, 0.2) is 0 Å². The van der Waals surface area contributed by atoms with Gasteiger partial charge in [-0.25, -0.2) is 9.48 Å². The van der Waals surface area contributed by atoms with Crippen LogP contribution in [0.1, 0.15) is 31.6 Å². The van der Waals surface area contributed by atoms with Crippen molar-refractivity contribution >= 4 is 39.1 Å². The fourth-order valence-corrected chi connectivity index (χ4v) is 4.80. The van der Waals surface area contributed by atoms with Gasteiger partial charge in [-0.2, -0.15) is 5.10 Å². The second kappa shape index (κ2) is 8.47. The smallest absolute Gasteiger partial charge is 0.409 e. The number of fused-ring (bicyclic) bond motifs is 3. The summed E-state index contributed by atoms with van der Waals surface area (Å²) in [6, 6.07) is 3.91. The topological polar surface area (TPSA) is 97.9 Å². The van der Waals surface area contributed by atoms with Crippen LogP contribution in [-0.2, 0) is 22.5 Å². The van der Waals surface area contributed by atoms with E-state index in [9.17, 15) is 14.4 Å². The van der Waals surface area contributed by atoms with Crippen molar-refractivity contribution in [2.75, 3.05) is 19.7 Å². The van der Waals surface area contributed by atoms with Crippen LogP contribution in [0.4, 0.5) is 4.79 Å². The van der Waals surface area contributed by atoms with Crippen LogP contribution in [0.3, 0.4) is 0 Å². The molecule has 1 aliphatic rings. The number of hydrogen-bond donors (Lipinski definition) is 1. The first-order valence-corrected chi connectivity index (χ1v) is 11.0. The first-order chi connectivity index (χ1) is 14.5. The molecule has 0 unspecified atom stereocenters. The number of piperidine rings is 1. The lowest BCUT2D eigenvalue weighted by Crippen LogP contribution is -2.47. The van der Waals surface area contributed by atoms with Gasteiger partial charge in [-0.3, -0.25) is 14.0 Å². The van der Waals surface area contributed by atoms with Gasteiger partial charge in [0.2, 0.25) is 5.91 Å². The normalized spacial score (nSPS) is 15.1. The highest BCUT2D eigenvalue weighted by Gasteiger charge is 2.24. The molecular formula is C20H25N5O4S. The van der Waals surface area contributed by atoms with Gasteiger partial charge in [-0.15, -0.1) is 11.3 Å². The summed E-state index contributed by atoms with van der Waals surface area (Å²) in [7, 11) is 0. The highest BCUT2D eigenvalue weighted by Crippen LogP contribution is 2.28. The van der Waals surface area contributed by atoms with Gasteiger partial charge in [0, 0.05) is 24.0 Å². The molecule has 3 aromatic heterocycles. The molecule has 0 spiro atoms. The maximum Gasteiger partial charge on any atom is 0.409 e. The maximum absolute atomic E-state index is 12.8.